The van der Waals surface area contributed by atoms with Crippen molar-refractivity contribution in [2.75, 3.05) is 0 Å². The number of hydrogen-bond acceptors (Lipinski definition) is 4. The molecule has 2 aromatic carbocycles. The molecule has 0 saturated heterocycles. The van der Waals surface area contributed by atoms with E-state index < -0.39 is 17.8 Å². The number of nitrogens with zero attached hydrogens (tertiary/aromatic N) is 2. The van der Waals surface area contributed by atoms with Gasteiger partial charge in [-0.3, -0.25) is 9.48 Å². The van der Waals surface area contributed by atoms with Crippen molar-refractivity contribution in [2.24, 2.45) is 0 Å². The average molecular weight is 474 g/mol. The van der Waals surface area contributed by atoms with Crippen molar-refractivity contribution in [3.8, 4) is 5.75 Å². The summed E-state index contributed by atoms with van der Waals surface area (Å²) >= 11 is 0. The molecule has 9 heteroatoms. The molecule has 3 aromatic rings. The van der Waals surface area contributed by atoms with Crippen molar-refractivity contribution >= 4 is 17.9 Å². The molecule has 4 rings (SSSR count). The van der Waals surface area contributed by atoms with Crippen LogP contribution in [0.25, 0.3) is 11.9 Å². The van der Waals surface area contributed by atoms with Crippen molar-refractivity contribution in [2.45, 2.75) is 45.2 Å². The highest BCUT2D eigenvalue weighted by molar-refractivity contribution is 5.75. The van der Waals surface area contributed by atoms with Crippen LogP contribution in [0.1, 0.15) is 47.8 Å². The van der Waals surface area contributed by atoms with Gasteiger partial charge in [-0.05, 0) is 66.8 Å². The lowest BCUT2D eigenvalue weighted by Crippen LogP contribution is -2.16. The van der Waals surface area contributed by atoms with Crippen LogP contribution in [-0.4, -0.2) is 22.1 Å². The first kappa shape index (κ1) is 23.5. The molecular weight excluding hydrogens is 452 g/mol. The van der Waals surface area contributed by atoms with Gasteiger partial charge in [0, 0.05) is 12.6 Å². The maximum atomic E-state index is 14.8. The summed E-state index contributed by atoms with van der Waals surface area (Å²) < 4.78 is 62.6. The van der Waals surface area contributed by atoms with Gasteiger partial charge in [-0.25, -0.2) is 4.39 Å². The summed E-state index contributed by atoms with van der Waals surface area (Å²) in [6, 6.07) is 14.2. The van der Waals surface area contributed by atoms with E-state index >= 15 is 0 Å². The molecule has 1 aromatic heterocycles. The smallest absolute Gasteiger partial charge is 0.454 e. The molecule has 1 heterocycles. The molecule has 1 aliphatic rings. The van der Waals surface area contributed by atoms with Gasteiger partial charge in [0.15, 0.2) is 5.83 Å². The molecule has 0 N–H and O–H groups in total. The Hall–Kier alpha value is -3.62. The quantitative estimate of drug-likeness (QED) is 0.304. The molecule has 5 nitrogen and oxygen atoms in total. The minimum absolute atomic E-state index is 0.114. The van der Waals surface area contributed by atoms with Gasteiger partial charge in [-0.2, -0.15) is 5.10 Å². The molecule has 0 radical (unpaired) electrons. The monoisotopic (exact) mass is 474 g/mol. The Kier molecular flexibility index (Phi) is 6.20. The van der Waals surface area contributed by atoms with Crippen LogP contribution < -0.4 is 4.74 Å². The zero-order chi connectivity index (χ0) is 24.5. The van der Waals surface area contributed by atoms with E-state index in [0.717, 1.165) is 41.8 Å². The molecule has 0 amide bonds. The van der Waals surface area contributed by atoms with Crippen LogP contribution in [-0.2, 0) is 21.7 Å². The first-order chi connectivity index (χ1) is 16.0. The fourth-order valence-corrected chi connectivity index (χ4v) is 3.74. The summed E-state index contributed by atoms with van der Waals surface area (Å²) in [5, 5.41) is 4.34. The molecule has 178 valence electrons. The van der Waals surface area contributed by atoms with Gasteiger partial charge in [0.2, 0.25) is 0 Å². The number of aryl methyl sites for hydroxylation is 1. The van der Waals surface area contributed by atoms with Crippen LogP contribution in [0.5, 0.6) is 5.75 Å². The lowest BCUT2D eigenvalue weighted by molar-refractivity contribution is -0.274. The lowest BCUT2D eigenvalue weighted by Gasteiger charge is -2.17. The number of esters is 1. The second kappa shape index (κ2) is 8.96. The zero-order valence-electron chi connectivity index (χ0n) is 18.5. The maximum absolute atomic E-state index is 14.8. The van der Waals surface area contributed by atoms with Gasteiger partial charge < -0.3 is 9.47 Å². The molecule has 0 spiro atoms. The Labute approximate surface area is 193 Å². The summed E-state index contributed by atoms with van der Waals surface area (Å²) in [7, 11) is 0. The number of aromatic nitrogens is 2. The summed E-state index contributed by atoms with van der Waals surface area (Å²) in [4.78, 5) is 11.4. The number of carbonyl (C=O) groups excluding carboxylic acids is 1. The van der Waals surface area contributed by atoms with Crippen LogP contribution >= 0.6 is 0 Å². The van der Waals surface area contributed by atoms with Crippen LogP contribution in [0.3, 0.4) is 0 Å². The molecule has 0 unspecified atom stereocenters. The van der Waals surface area contributed by atoms with E-state index in [-0.39, 0.29) is 17.4 Å². The van der Waals surface area contributed by atoms with E-state index in [0.29, 0.717) is 12.1 Å². The number of carbonyl (C=O) groups is 1. The third-order valence-corrected chi connectivity index (χ3v) is 5.46. The third kappa shape index (κ3) is 5.65. The topological polar surface area (TPSA) is 53.4 Å². The Bertz CT molecular complexity index is 1230. The van der Waals surface area contributed by atoms with Gasteiger partial charge in [0.1, 0.15) is 17.0 Å². The van der Waals surface area contributed by atoms with Crippen LogP contribution in [0.2, 0.25) is 0 Å². The fourth-order valence-electron chi connectivity index (χ4n) is 3.74. The van der Waals surface area contributed by atoms with Crippen molar-refractivity contribution in [1.29, 1.82) is 0 Å². The van der Waals surface area contributed by atoms with E-state index in [1.165, 1.54) is 25.1 Å². The molecule has 1 fully saturated rings. The second-order valence-electron chi connectivity index (χ2n) is 8.23. The highest BCUT2D eigenvalue weighted by atomic mass is 19.4. The number of hydrogen-bond donors (Lipinski definition) is 0. The van der Waals surface area contributed by atoms with E-state index in [1.54, 1.807) is 17.7 Å². The highest BCUT2D eigenvalue weighted by Crippen LogP contribution is 2.49. The number of ether oxygens (including phenoxy) is 2. The predicted octanol–water partition coefficient (Wildman–Crippen LogP) is 6.16. The Balaban J connectivity index is 1.49. The molecule has 0 atom stereocenters. The van der Waals surface area contributed by atoms with Gasteiger partial charge >= 0.3 is 12.3 Å². The Morgan fingerprint density at radius 1 is 1.15 bits per heavy atom. The molecule has 1 saturated carbocycles. The fraction of sp³-hybridized carbons (Fsp3) is 0.280. The van der Waals surface area contributed by atoms with Crippen molar-refractivity contribution in [3.63, 3.8) is 0 Å². The number of halogens is 4. The SMILES string of the molecule is CC(=O)OC1(c2cccc(Cn3nc(/C(F)=C/c4ccc(OC(F)(F)F)cc4)cc3C)c2)CC1. The Morgan fingerprint density at radius 2 is 1.85 bits per heavy atom. The lowest BCUT2D eigenvalue weighted by atomic mass is 10.0. The molecular formula is C25H22F4N2O3. The zero-order valence-corrected chi connectivity index (χ0v) is 18.5. The van der Waals surface area contributed by atoms with E-state index in [4.69, 9.17) is 4.74 Å². The van der Waals surface area contributed by atoms with E-state index in [2.05, 4.69) is 9.84 Å². The molecule has 0 bridgehead atoms. The minimum Gasteiger partial charge on any atom is -0.454 e. The van der Waals surface area contributed by atoms with Gasteiger partial charge in [-0.15, -0.1) is 13.2 Å². The van der Waals surface area contributed by atoms with Crippen LogP contribution in [0.15, 0.2) is 54.6 Å². The second-order valence-corrected chi connectivity index (χ2v) is 8.23. The van der Waals surface area contributed by atoms with E-state index in [1.807, 2.05) is 24.3 Å². The largest absolute Gasteiger partial charge is 0.573 e. The van der Waals surface area contributed by atoms with Crippen LogP contribution in [0.4, 0.5) is 17.6 Å². The van der Waals surface area contributed by atoms with Gasteiger partial charge in [0.25, 0.3) is 0 Å². The number of rotatable bonds is 7. The van der Waals surface area contributed by atoms with Gasteiger partial charge in [-0.1, -0.05) is 30.3 Å². The van der Waals surface area contributed by atoms with Gasteiger partial charge in [0.05, 0.1) is 6.54 Å². The van der Waals surface area contributed by atoms with E-state index in [9.17, 15) is 22.4 Å². The first-order valence-corrected chi connectivity index (χ1v) is 10.6. The first-order valence-electron chi connectivity index (χ1n) is 10.6. The highest BCUT2D eigenvalue weighted by Gasteiger charge is 2.48. The maximum Gasteiger partial charge on any atom is 0.573 e. The van der Waals surface area contributed by atoms with Crippen molar-refractivity contribution < 1.29 is 31.8 Å². The average Bonchev–Trinajstić information content (AvgIpc) is 3.44. The molecule has 34 heavy (non-hydrogen) atoms. The Morgan fingerprint density at radius 3 is 2.47 bits per heavy atom. The summed E-state index contributed by atoms with van der Waals surface area (Å²) in [5.74, 6) is -1.32. The van der Waals surface area contributed by atoms with Crippen molar-refractivity contribution in [1.82, 2.24) is 9.78 Å². The molecule has 1 aliphatic carbocycles. The summed E-state index contributed by atoms with van der Waals surface area (Å²) in [6.07, 6.45) is -2.03. The van der Waals surface area contributed by atoms with Crippen LogP contribution in [0, 0.1) is 6.92 Å². The number of alkyl halides is 3. The summed E-state index contributed by atoms with van der Waals surface area (Å²) in [5.41, 5.74) is 2.52. The molecule has 0 aliphatic heterocycles. The third-order valence-electron chi connectivity index (χ3n) is 5.46. The predicted molar refractivity (Wildman–Crippen MR) is 117 cm³/mol. The summed E-state index contributed by atoms with van der Waals surface area (Å²) in [6.45, 7) is 3.59. The minimum atomic E-state index is -4.79. The standard InChI is InChI=1S/C25H22F4N2O3/c1-16-12-23(22(26)14-18-6-8-21(9-7-18)34-25(27,28)29)30-31(16)15-19-4-3-5-20(13-19)24(10-11-24)33-17(2)32/h3-9,12-14H,10-11,15H2,1-2H3/b22-14-. The number of benzene rings is 2. The van der Waals surface area contributed by atoms with Crippen molar-refractivity contribution in [3.05, 3.63) is 82.7 Å². The normalized spacial score (nSPS) is 15.2.